The van der Waals surface area contributed by atoms with Gasteiger partial charge in [-0.2, -0.15) is 0 Å². The Bertz CT molecular complexity index is 406. The third-order valence-electron chi connectivity index (χ3n) is 4.20. The maximum Gasteiger partial charge on any atom is 0.128 e. The number of nitrogens with zero attached hydrogens (tertiary/aromatic N) is 1. The standard InChI is InChI=1S/C16H25FN2/c1-2-15-6-4-3-5-9-19(15)12-14-8-7-13(11-18)10-16(14)17/h7-8,10,15H,2-6,9,11-12,18H2,1H3. The van der Waals surface area contributed by atoms with Crippen LogP contribution in [0.2, 0.25) is 0 Å². The molecule has 1 saturated heterocycles. The van der Waals surface area contributed by atoms with E-state index >= 15 is 0 Å². The molecule has 2 nitrogen and oxygen atoms in total. The number of benzene rings is 1. The molecule has 2 rings (SSSR count). The minimum absolute atomic E-state index is 0.109. The smallest absolute Gasteiger partial charge is 0.128 e. The molecule has 0 aliphatic carbocycles. The number of halogens is 1. The van der Waals surface area contributed by atoms with Crippen LogP contribution in [0.25, 0.3) is 0 Å². The SMILES string of the molecule is CCC1CCCCCN1Cc1ccc(CN)cc1F. The summed E-state index contributed by atoms with van der Waals surface area (Å²) in [5.74, 6) is -0.109. The lowest BCUT2D eigenvalue weighted by Crippen LogP contribution is -2.34. The van der Waals surface area contributed by atoms with Crippen LogP contribution in [0.4, 0.5) is 4.39 Å². The van der Waals surface area contributed by atoms with Crippen molar-refractivity contribution in [2.45, 2.75) is 58.2 Å². The molecular weight excluding hydrogens is 239 g/mol. The summed E-state index contributed by atoms with van der Waals surface area (Å²) < 4.78 is 14.0. The number of rotatable bonds is 4. The van der Waals surface area contributed by atoms with Gasteiger partial charge in [0.15, 0.2) is 0 Å². The minimum atomic E-state index is -0.109. The first-order valence-electron chi connectivity index (χ1n) is 7.46. The maximum absolute atomic E-state index is 14.0. The summed E-state index contributed by atoms with van der Waals surface area (Å²) in [7, 11) is 0. The first kappa shape index (κ1) is 14.5. The van der Waals surface area contributed by atoms with Crippen LogP contribution in [0, 0.1) is 5.82 Å². The summed E-state index contributed by atoms with van der Waals surface area (Å²) >= 11 is 0. The van der Waals surface area contributed by atoms with Gasteiger partial charge >= 0.3 is 0 Å². The molecule has 0 bridgehead atoms. The van der Waals surface area contributed by atoms with Gasteiger partial charge in [-0.25, -0.2) is 4.39 Å². The molecule has 0 radical (unpaired) electrons. The monoisotopic (exact) mass is 264 g/mol. The van der Waals surface area contributed by atoms with Crippen LogP contribution >= 0.6 is 0 Å². The Morgan fingerprint density at radius 2 is 2.16 bits per heavy atom. The number of likely N-dealkylation sites (tertiary alicyclic amines) is 1. The summed E-state index contributed by atoms with van der Waals surface area (Å²) in [6, 6.07) is 6.02. The van der Waals surface area contributed by atoms with Crippen LogP contribution in [0.15, 0.2) is 18.2 Å². The molecule has 19 heavy (non-hydrogen) atoms. The van der Waals surface area contributed by atoms with Gasteiger partial charge in [0.05, 0.1) is 0 Å². The summed E-state index contributed by atoms with van der Waals surface area (Å²) in [4.78, 5) is 2.45. The quantitative estimate of drug-likeness (QED) is 0.902. The molecule has 0 saturated carbocycles. The van der Waals surface area contributed by atoms with Gasteiger partial charge < -0.3 is 5.73 Å². The van der Waals surface area contributed by atoms with Crippen LogP contribution < -0.4 is 5.73 Å². The highest BCUT2D eigenvalue weighted by molar-refractivity contribution is 5.24. The third-order valence-corrected chi connectivity index (χ3v) is 4.20. The molecule has 1 atom stereocenters. The predicted octanol–water partition coefficient (Wildman–Crippen LogP) is 3.44. The fourth-order valence-electron chi connectivity index (χ4n) is 2.97. The summed E-state index contributed by atoms with van der Waals surface area (Å²) in [6.07, 6.45) is 6.26. The van der Waals surface area contributed by atoms with Crippen molar-refractivity contribution >= 4 is 0 Å². The maximum atomic E-state index is 14.0. The Morgan fingerprint density at radius 3 is 2.84 bits per heavy atom. The zero-order valence-electron chi connectivity index (χ0n) is 11.9. The molecule has 1 aliphatic rings. The van der Waals surface area contributed by atoms with Crippen LogP contribution in [0.1, 0.15) is 50.2 Å². The van der Waals surface area contributed by atoms with E-state index in [4.69, 9.17) is 5.73 Å². The molecule has 0 spiro atoms. The molecule has 1 heterocycles. The lowest BCUT2D eigenvalue weighted by atomic mass is 10.1. The molecule has 1 aromatic rings. The Labute approximate surface area is 115 Å². The molecule has 0 aromatic heterocycles. The van der Waals surface area contributed by atoms with Crippen molar-refractivity contribution in [3.63, 3.8) is 0 Å². The van der Waals surface area contributed by atoms with E-state index in [1.54, 1.807) is 6.07 Å². The average Bonchev–Trinajstić information content (AvgIpc) is 2.66. The largest absolute Gasteiger partial charge is 0.326 e. The highest BCUT2D eigenvalue weighted by atomic mass is 19.1. The van der Waals surface area contributed by atoms with Crippen molar-refractivity contribution in [3.8, 4) is 0 Å². The molecule has 1 aromatic carbocycles. The zero-order valence-corrected chi connectivity index (χ0v) is 11.9. The Kier molecular flexibility index (Phi) is 5.34. The first-order valence-corrected chi connectivity index (χ1v) is 7.46. The molecule has 106 valence electrons. The van der Waals surface area contributed by atoms with Crippen LogP contribution in [0.5, 0.6) is 0 Å². The Hall–Kier alpha value is -0.930. The lowest BCUT2D eigenvalue weighted by Gasteiger charge is -2.29. The lowest BCUT2D eigenvalue weighted by molar-refractivity contribution is 0.184. The summed E-state index contributed by atoms with van der Waals surface area (Å²) in [5.41, 5.74) is 7.21. The highest BCUT2D eigenvalue weighted by Crippen LogP contribution is 2.22. The van der Waals surface area contributed by atoms with E-state index in [1.165, 1.54) is 25.7 Å². The van der Waals surface area contributed by atoms with Crippen LogP contribution in [0.3, 0.4) is 0 Å². The van der Waals surface area contributed by atoms with Crippen molar-refractivity contribution in [2.75, 3.05) is 6.54 Å². The number of nitrogens with two attached hydrogens (primary N) is 1. The van der Waals surface area contributed by atoms with Gasteiger partial charge in [-0.15, -0.1) is 0 Å². The van der Waals surface area contributed by atoms with Gasteiger partial charge in [0, 0.05) is 24.7 Å². The Balaban J connectivity index is 2.09. The molecule has 3 heteroatoms. The minimum Gasteiger partial charge on any atom is -0.326 e. The van der Waals surface area contributed by atoms with Gasteiger partial charge in [-0.3, -0.25) is 4.90 Å². The second-order valence-corrected chi connectivity index (χ2v) is 5.51. The van der Waals surface area contributed by atoms with Crippen molar-refractivity contribution in [2.24, 2.45) is 5.73 Å². The first-order chi connectivity index (χ1) is 9.24. The van der Waals surface area contributed by atoms with Gasteiger partial charge in [0.1, 0.15) is 5.82 Å². The van der Waals surface area contributed by atoms with Crippen molar-refractivity contribution in [1.29, 1.82) is 0 Å². The van der Waals surface area contributed by atoms with Crippen molar-refractivity contribution in [3.05, 3.63) is 35.1 Å². The van der Waals surface area contributed by atoms with E-state index in [9.17, 15) is 4.39 Å². The summed E-state index contributed by atoms with van der Waals surface area (Å²) in [5, 5.41) is 0. The van der Waals surface area contributed by atoms with Crippen LogP contribution in [-0.2, 0) is 13.1 Å². The van der Waals surface area contributed by atoms with Gasteiger partial charge in [-0.1, -0.05) is 31.9 Å². The number of hydrogen-bond donors (Lipinski definition) is 1. The molecule has 1 aliphatic heterocycles. The Morgan fingerprint density at radius 1 is 1.32 bits per heavy atom. The third kappa shape index (κ3) is 3.77. The normalized spacial score (nSPS) is 21.3. The van der Waals surface area contributed by atoms with E-state index in [0.29, 0.717) is 12.6 Å². The zero-order chi connectivity index (χ0) is 13.7. The fraction of sp³-hybridized carbons (Fsp3) is 0.625. The van der Waals surface area contributed by atoms with Gasteiger partial charge in [0.2, 0.25) is 0 Å². The number of hydrogen-bond acceptors (Lipinski definition) is 2. The van der Waals surface area contributed by atoms with Gasteiger partial charge in [0.25, 0.3) is 0 Å². The second-order valence-electron chi connectivity index (χ2n) is 5.51. The van der Waals surface area contributed by atoms with E-state index in [1.807, 2.05) is 12.1 Å². The van der Waals surface area contributed by atoms with E-state index < -0.39 is 0 Å². The highest BCUT2D eigenvalue weighted by Gasteiger charge is 2.20. The molecule has 0 amide bonds. The molecule has 1 unspecified atom stereocenters. The average molecular weight is 264 g/mol. The van der Waals surface area contributed by atoms with Crippen LogP contribution in [-0.4, -0.2) is 17.5 Å². The second kappa shape index (κ2) is 7.01. The van der Waals surface area contributed by atoms with Crippen molar-refractivity contribution < 1.29 is 4.39 Å². The molecular formula is C16H25FN2. The van der Waals surface area contributed by atoms with E-state index in [-0.39, 0.29) is 5.82 Å². The molecule has 1 fully saturated rings. The molecule has 2 N–H and O–H groups in total. The van der Waals surface area contributed by atoms with Crippen molar-refractivity contribution in [1.82, 2.24) is 4.90 Å². The van der Waals surface area contributed by atoms with Gasteiger partial charge in [-0.05, 0) is 37.4 Å². The fourth-order valence-corrected chi connectivity index (χ4v) is 2.97. The predicted molar refractivity (Wildman–Crippen MR) is 77.2 cm³/mol. The van der Waals surface area contributed by atoms with E-state index in [0.717, 1.165) is 30.6 Å². The topological polar surface area (TPSA) is 29.3 Å². The van der Waals surface area contributed by atoms with E-state index in [2.05, 4.69) is 11.8 Å². The summed E-state index contributed by atoms with van der Waals surface area (Å²) in [6.45, 7) is 4.46.